The Kier molecular flexibility index (Phi) is 2.04. The fraction of sp³-hybridized carbons (Fsp3) is 0.200. The van der Waals surface area contributed by atoms with E-state index in [2.05, 4.69) is 11.5 Å². The zero-order chi connectivity index (χ0) is 9.31. The first-order valence-electron chi connectivity index (χ1n) is 3.99. The van der Waals surface area contributed by atoms with Crippen molar-refractivity contribution in [3.63, 3.8) is 0 Å². The monoisotopic (exact) mass is 194 g/mol. The van der Waals surface area contributed by atoms with Crippen LogP contribution in [0.5, 0.6) is 0 Å². The second-order valence-electron chi connectivity index (χ2n) is 3.02. The SMILES string of the molecule is CC1(c2ccccc2F)N[C]=CS1. The van der Waals surface area contributed by atoms with Crippen molar-refractivity contribution in [1.29, 1.82) is 0 Å². The quantitative estimate of drug-likeness (QED) is 0.737. The molecule has 67 valence electrons. The Morgan fingerprint density at radius 2 is 2.23 bits per heavy atom. The molecule has 1 radical (unpaired) electrons. The molecule has 1 aromatic rings. The third kappa shape index (κ3) is 1.44. The third-order valence-electron chi connectivity index (χ3n) is 2.05. The van der Waals surface area contributed by atoms with E-state index in [-0.39, 0.29) is 5.82 Å². The van der Waals surface area contributed by atoms with Crippen LogP contribution in [0, 0.1) is 12.0 Å². The van der Waals surface area contributed by atoms with Gasteiger partial charge in [0.2, 0.25) is 0 Å². The van der Waals surface area contributed by atoms with Crippen LogP contribution in [-0.4, -0.2) is 0 Å². The first kappa shape index (κ1) is 8.63. The van der Waals surface area contributed by atoms with E-state index >= 15 is 0 Å². The second-order valence-corrected chi connectivity index (χ2v) is 4.31. The van der Waals surface area contributed by atoms with E-state index in [1.807, 2.05) is 18.4 Å². The summed E-state index contributed by atoms with van der Waals surface area (Å²) < 4.78 is 13.4. The zero-order valence-corrected chi connectivity index (χ0v) is 7.99. The van der Waals surface area contributed by atoms with Gasteiger partial charge in [-0.25, -0.2) is 4.39 Å². The van der Waals surface area contributed by atoms with E-state index in [1.54, 1.807) is 12.1 Å². The lowest BCUT2D eigenvalue weighted by atomic mass is 10.1. The Balaban J connectivity index is 2.40. The van der Waals surface area contributed by atoms with Gasteiger partial charge in [-0.3, -0.25) is 0 Å². The molecule has 1 N–H and O–H groups in total. The summed E-state index contributed by atoms with van der Waals surface area (Å²) in [6, 6.07) is 6.79. The van der Waals surface area contributed by atoms with Gasteiger partial charge in [-0.15, -0.1) is 0 Å². The summed E-state index contributed by atoms with van der Waals surface area (Å²) in [6.45, 7) is 1.94. The van der Waals surface area contributed by atoms with Crippen molar-refractivity contribution in [2.75, 3.05) is 0 Å². The molecule has 1 unspecified atom stereocenters. The van der Waals surface area contributed by atoms with Gasteiger partial charge < -0.3 is 5.32 Å². The highest BCUT2D eigenvalue weighted by Gasteiger charge is 2.30. The molecule has 1 nitrogen and oxygen atoms in total. The minimum atomic E-state index is -0.397. The van der Waals surface area contributed by atoms with Crippen molar-refractivity contribution >= 4 is 11.8 Å². The van der Waals surface area contributed by atoms with Crippen LogP contribution in [0.3, 0.4) is 0 Å². The van der Waals surface area contributed by atoms with Gasteiger partial charge in [0.05, 0.1) is 6.20 Å². The molecule has 3 heteroatoms. The van der Waals surface area contributed by atoms with Gasteiger partial charge in [-0.1, -0.05) is 30.0 Å². The highest BCUT2D eigenvalue weighted by atomic mass is 32.2. The van der Waals surface area contributed by atoms with E-state index in [4.69, 9.17) is 0 Å². The molecule has 0 bridgehead atoms. The fourth-order valence-corrected chi connectivity index (χ4v) is 2.09. The molecule has 2 rings (SSSR count). The van der Waals surface area contributed by atoms with Crippen LogP contribution < -0.4 is 5.32 Å². The minimum absolute atomic E-state index is 0.179. The van der Waals surface area contributed by atoms with Gasteiger partial charge >= 0.3 is 0 Å². The van der Waals surface area contributed by atoms with Crippen molar-refractivity contribution in [1.82, 2.24) is 5.32 Å². The standard InChI is InChI=1S/C10H9FNS/c1-10(12-6-7-13-10)8-4-2-3-5-9(8)11/h2-5,7,12H,1H3. The molecule has 0 aromatic heterocycles. The van der Waals surface area contributed by atoms with Crippen molar-refractivity contribution in [2.45, 2.75) is 11.8 Å². The molecule has 1 aliphatic heterocycles. The van der Waals surface area contributed by atoms with E-state index in [1.165, 1.54) is 17.8 Å². The van der Waals surface area contributed by atoms with Crippen LogP contribution in [0.25, 0.3) is 0 Å². The fourth-order valence-electron chi connectivity index (χ4n) is 1.32. The number of rotatable bonds is 1. The molecular weight excluding hydrogens is 185 g/mol. The Labute approximate surface area is 81.0 Å². The summed E-state index contributed by atoms with van der Waals surface area (Å²) in [5.41, 5.74) is 0.668. The van der Waals surface area contributed by atoms with Crippen molar-refractivity contribution in [3.05, 3.63) is 47.3 Å². The summed E-state index contributed by atoms with van der Waals surface area (Å²) >= 11 is 1.52. The number of thioether (sulfide) groups is 1. The maximum atomic E-state index is 13.4. The Hall–Kier alpha value is -0.960. The van der Waals surface area contributed by atoms with Gasteiger partial charge in [0.15, 0.2) is 0 Å². The third-order valence-corrected chi connectivity index (χ3v) is 3.08. The number of halogens is 1. The molecule has 0 aliphatic carbocycles. The molecule has 0 saturated carbocycles. The lowest BCUT2D eigenvalue weighted by molar-refractivity contribution is 0.544. The van der Waals surface area contributed by atoms with Crippen LogP contribution in [0.1, 0.15) is 12.5 Å². The average molecular weight is 194 g/mol. The molecule has 0 amide bonds. The highest BCUT2D eigenvalue weighted by molar-refractivity contribution is 8.03. The van der Waals surface area contributed by atoms with E-state index in [0.29, 0.717) is 5.56 Å². The normalized spacial score (nSPS) is 26.0. The Morgan fingerprint density at radius 1 is 1.46 bits per heavy atom. The Morgan fingerprint density at radius 3 is 2.85 bits per heavy atom. The lowest BCUT2D eigenvalue weighted by Gasteiger charge is -2.24. The molecule has 13 heavy (non-hydrogen) atoms. The number of hydrogen-bond acceptors (Lipinski definition) is 2. The van der Waals surface area contributed by atoms with Gasteiger partial charge in [0, 0.05) is 5.56 Å². The summed E-state index contributed by atoms with van der Waals surface area (Å²) in [4.78, 5) is -0.397. The first-order valence-corrected chi connectivity index (χ1v) is 4.87. The molecular formula is C10H9FNS. The largest absolute Gasteiger partial charge is 0.365 e. The van der Waals surface area contributed by atoms with Crippen molar-refractivity contribution in [2.24, 2.45) is 0 Å². The molecule has 1 aromatic carbocycles. The van der Waals surface area contributed by atoms with Gasteiger partial charge in [0.25, 0.3) is 0 Å². The lowest BCUT2D eigenvalue weighted by Crippen LogP contribution is -2.30. The van der Waals surface area contributed by atoms with Crippen LogP contribution in [0.2, 0.25) is 0 Å². The Bertz CT molecular complexity index is 341. The predicted octanol–water partition coefficient (Wildman–Crippen LogP) is 2.61. The number of nitrogens with one attached hydrogen (secondary N) is 1. The van der Waals surface area contributed by atoms with Crippen molar-refractivity contribution < 1.29 is 4.39 Å². The predicted molar refractivity (Wildman–Crippen MR) is 52.3 cm³/mol. The van der Waals surface area contributed by atoms with Crippen LogP contribution in [-0.2, 0) is 4.87 Å². The van der Waals surface area contributed by atoms with Gasteiger partial charge in [-0.2, -0.15) is 0 Å². The van der Waals surface area contributed by atoms with E-state index < -0.39 is 4.87 Å². The van der Waals surface area contributed by atoms with E-state index in [0.717, 1.165) is 0 Å². The zero-order valence-electron chi connectivity index (χ0n) is 7.17. The second kappa shape index (κ2) is 3.07. The van der Waals surface area contributed by atoms with Crippen LogP contribution in [0.4, 0.5) is 4.39 Å². The molecule has 1 heterocycles. The van der Waals surface area contributed by atoms with Crippen LogP contribution in [0.15, 0.2) is 29.7 Å². The molecule has 1 atom stereocenters. The van der Waals surface area contributed by atoms with Crippen LogP contribution >= 0.6 is 11.8 Å². The maximum absolute atomic E-state index is 13.4. The summed E-state index contributed by atoms with van der Waals surface area (Å²) in [5.74, 6) is -0.179. The summed E-state index contributed by atoms with van der Waals surface area (Å²) in [7, 11) is 0. The first-order chi connectivity index (χ1) is 6.22. The topological polar surface area (TPSA) is 12.0 Å². The summed E-state index contributed by atoms with van der Waals surface area (Å²) in [6.07, 6.45) is 2.86. The van der Waals surface area contributed by atoms with E-state index in [9.17, 15) is 4.39 Å². The molecule has 0 spiro atoms. The number of benzene rings is 1. The average Bonchev–Trinajstić information content (AvgIpc) is 2.54. The molecule has 0 fully saturated rings. The molecule has 1 aliphatic rings. The van der Waals surface area contributed by atoms with Crippen molar-refractivity contribution in [3.8, 4) is 0 Å². The smallest absolute Gasteiger partial charge is 0.129 e. The summed E-state index contributed by atoms with van der Waals surface area (Å²) in [5, 5.41) is 4.82. The van der Waals surface area contributed by atoms with Gasteiger partial charge in [-0.05, 0) is 18.4 Å². The number of hydrogen-bond donors (Lipinski definition) is 1. The minimum Gasteiger partial charge on any atom is -0.365 e. The maximum Gasteiger partial charge on any atom is 0.129 e. The highest BCUT2D eigenvalue weighted by Crippen LogP contribution is 2.38. The molecule has 0 saturated heterocycles. The van der Waals surface area contributed by atoms with Gasteiger partial charge in [0.1, 0.15) is 10.7 Å².